The minimum Gasteiger partial charge on any atom is -0.457 e. The summed E-state index contributed by atoms with van der Waals surface area (Å²) in [6.45, 7) is 4.14. The molecule has 7 nitrogen and oxygen atoms in total. The van der Waals surface area contributed by atoms with Gasteiger partial charge in [-0.15, -0.1) is 0 Å². The predicted molar refractivity (Wildman–Crippen MR) is 171 cm³/mol. The topological polar surface area (TPSA) is 69.6 Å². The van der Waals surface area contributed by atoms with E-state index in [4.69, 9.17) is 24.7 Å². The SMILES string of the molecule is Cc1nc2c3cc(Oc4ccc5c(c4)c4nc(-c6ccccc6)cn4c4cccnc54)ccc3c3ncccc3n2c1C. The molecule has 7 heteroatoms. The Morgan fingerprint density at radius 2 is 1.26 bits per heavy atom. The van der Waals surface area contributed by atoms with Crippen molar-refractivity contribution in [3.63, 3.8) is 0 Å². The maximum Gasteiger partial charge on any atom is 0.146 e. The summed E-state index contributed by atoms with van der Waals surface area (Å²) in [4.78, 5) is 19.5. The van der Waals surface area contributed by atoms with Gasteiger partial charge < -0.3 is 4.74 Å². The Labute approximate surface area is 245 Å². The molecule has 0 radical (unpaired) electrons. The summed E-state index contributed by atoms with van der Waals surface area (Å²) in [5, 5.41) is 4.05. The molecule has 0 saturated carbocycles. The lowest BCUT2D eigenvalue weighted by Gasteiger charge is -2.12. The number of ether oxygens (including phenoxy) is 1. The van der Waals surface area contributed by atoms with Crippen LogP contribution in [0.3, 0.4) is 0 Å². The summed E-state index contributed by atoms with van der Waals surface area (Å²) in [6, 6.07) is 30.6. The second-order valence-electron chi connectivity index (χ2n) is 10.9. The van der Waals surface area contributed by atoms with Crippen LogP contribution in [-0.4, -0.2) is 28.7 Å². The van der Waals surface area contributed by atoms with Crippen molar-refractivity contribution in [3.8, 4) is 22.8 Å². The Bertz CT molecular complexity index is 2560. The van der Waals surface area contributed by atoms with E-state index in [0.717, 1.165) is 89.1 Å². The second kappa shape index (κ2) is 8.84. The van der Waals surface area contributed by atoms with Gasteiger partial charge in [-0.25, -0.2) is 9.97 Å². The summed E-state index contributed by atoms with van der Waals surface area (Å²) < 4.78 is 10.9. The average Bonchev–Trinajstić information content (AvgIpc) is 3.64. The van der Waals surface area contributed by atoms with Crippen molar-refractivity contribution in [2.24, 2.45) is 0 Å². The van der Waals surface area contributed by atoms with Crippen LogP contribution in [-0.2, 0) is 0 Å². The van der Waals surface area contributed by atoms with Crippen molar-refractivity contribution < 1.29 is 4.74 Å². The van der Waals surface area contributed by atoms with E-state index in [2.05, 4.69) is 70.5 Å². The van der Waals surface area contributed by atoms with E-state index in [1.165, 1.54) is 0 Å². The second-order valence-corrected chi connectivity index (χ2v) is 10.9. The third kappa shape index (κ3) is 3.48. The van der Waals surface area contributed by atoms with E-state index in [1.807, 2.05) is 61.8 Å². The van der Waals surface area contributed by atoms with Gasteiger partial charge in [0, 0.05) is 51.4 Å². The molecule has 0 aliphatic rings. The molecule has 0 amide bonds. The number of fused-ring (bicyclic) bond motifs is 12. The van der Waals surface area contributed by atoms with Crippen LogP contribution in [0.1, 0.15) is 11.4 Å². The first-order valence-electron chi connectivity index (χ1n) is 14.2. The molecular weight excluding hydrogens is 532 g/mol. The lowest BCUT2D eigenvalue weighted by atomic mass is 10.1. The Morgan fingerprint density at radius 1 is 0.605 bits per heavy atom. The standard InChI is InChI=1S/C36H24N6O/c1-21-22(2)42-32-11-7-17-38-34(32)27-15-13-25(19-29(27)36(42)39-21)43-24-12-14-26-28(18-24)35-40-30(23-8-4-3-5-9-23)20-41(35)31-10-6-16-37-33(26)31/h3-20H,1-2H3. The molecule has 9 aromatic rings. The largest absolute Gasteiger partial charge is 0.457 e. The van der Waals surface area contributed by atoms with Crippen molar-refractivity contribution >= 4 is 54.9 Å². The number of rotatable bonds is 3. The number of imidazole rings is 2. The van der Waals surface area contributed by atoms with Gasteiger partial charge in [-0.3, -0.25) is 18.8 Å². The molecule has 0 atom stereocenters. The molecule has 6 aromatic heterocycles. The zero-order chi connectivity index (χ0) is 28.7. The molecule has 0 saturated heterocycles. The van der Waals surface area contributed by atoms with Crippen molar-refractivity contribution in [3.05, 3.63) is 121 Å². The minimum atomic E-state index is 0.721. The zero-order valence-corrected chi connectivity index (χ0v) is 23.5. The minimum absolute atomic E-state index is 0.721. The number of hydrogen-bond donors (Lipinski definition) is 0. The quantitative estimate of drug-likeness (QED) is 0.204. The normalized spacial score (nSPS) is 12.0. The highest BCUT2D eigenvalue weighted by molar-refractivity contribution is 6.11. The fraction of sp³-hybridized carbons (Fsp3) is 0.0556. The van der Waals surface area contributed by atoms with Crippen LogP contribution in [0.15, 0.2) is 110 Å². The first kappa shape index (κ1) is 23.8. The Hall–Kier alpha value is -5.82. The van der Waals surface area contributed by atoms with E-state index < -0.39 is 0 Å². The molecule has 6 heterocycles. The van der Waals surface area contributed by atoms with Crippen molar-refractivity contribution in [1.29, 1.82) is 0 Å². The number of pyridine rings is 4. The lowest BCUT2D eigenvalue weighted by molar-refractivity contribution is 0.484. The van der Waals surface area contributed by atoms with Crippen LogP contribution < -0.4 is 4.74 Å². The van der Waals surface area contributed by atoms with E-state index in [9.17, 15) is 0 Å². The highest BCUT2D eigenvalue weighted by Crippen LogP contribution is 2.36. The monoisotopic (exact) mass is 556 g/mol. The molecule has 43 heavy (non-hydrogen) atoms. The highest BCUT2D eigenvalue weighted by atomic mass is 16.5. The summed E-state index contributed by atoms with van der Waals surface area (Å²) in [5.74, 6) is 1.45. The van der Waals surface area contributed by atoms with Crippen molar-refractivity contribution in [1.82, 2.24) is 28.7 Å². The maximum absolute atomic E-state index is 6.53. The van der Waals surface area contributed by atoms with Gasteiger partial charge >= 0.3 is 0 Å². The molecule has 0 spiro atoms. The van der Waals surface area contributed by atoms with Crippen LogP contribution in [0.5, 0.6) is 11.5 Å². The van der Waals surface area contributed by atoms with Gasteiger partial charge in [-0.1, -0.05) is 30.3 Å². The first-order chi connectivity index (χ1) is 21.1. The van der Waals surface area contributed by atoms with Gasteiger partial charge in [0.1, 0.15) is 22.8 Å². The van der Waals surface area contributed by atoms with Gasteiger partial charge in [0.25, 0.3) is 0 Å². The Kier molecular flexibility index (Phi) is 4.90. The van der Waals surface area contributed by atoms with Gasteiger partial charge in [0.15, 0.2) is 0 Å². The molecule has 0 aliphatic carbocycles. The van der Waals surface area contributed by atoms with Gasteiger partial charge in [0.05, 0.1) is 33.5 Å². The van der Waals surface area contributed by atoms with Crippen LogP contribution in [0.25, 0.3) is 66.2 Å². The van der Waals surface area contributed by atoms with E-state index in [-0.39, 0.29) is 0 Å². The smallest absolute Gasteiger partial charge is 0.146 e. The fourth-order valence-electron chi connectivity index (χ4n) is 6.26. The number of nitrogens with zero attached hydrogens (tertiary/aromatic N) is 6. The molecule has 0 fully saturated rings. The predicted octanol–water partition coefficient (Wildman–Crippen LogP) is 8.46. The molecule has 0 N–H and O–H groups in total. The van der Waals surface area contributed by atoms with E-state index >= 15 is 0 Å². The number of aromatic nitrogens is 6. The first-order valence-corrected chi connectivity index (χ1v) is 14.2. The lowest BCUT2D eigenvalue weighted by Crippen LogP contribution is -1.95. The summed E-state index contributed by atoms with van der Waals surface area (Å²) in [5.41, 5.74) is 9.77. The third-order valence-electron chi connectivity index (χ3n) is 8.40. The molecule has 9 rings (SSSR count). The van der Waals surface area contributed by atoms with Crippen molar-refractivity contribution in [2.45, 2.75) is 13.8 Å². The summed E-state index contributed by atoms with van der Waals surface area (Å²) in [7, 11) is 0. The molecule has 3 aromatic carbocycles. The number of hydrogen-bond acceptors (Lipinski definition) is 5. The number of aryl methyl sites for hydroxylation is 2. The average molecular weight is 557 g/mol. The van der Waals surface area contributed by atoms with Gasteiger partial charge in [-0.2, -0.15) is 0 Å². The molecular formula is C36H24N6O. The maximum atomic E-state index is 6.53. The molecule has 0 unspecified atom stereocenters. The zero-order valence-electron chi connectivity index (χ0n) is 23.5. The summed E-state index contributed by atoms with van der Waals surface area (Å²) >= 11 is 0. The third-order valence-corrected chi connectivity index (χ3v) is 8.40. The Morgan fingerprint density at radius 3 is 1.98 bits per heavy atom. The van der Waals surface area contributed by atoms with Crippen LogP contribution in [0.2, 0.25) is 0 Å². The van der Waals surface area contributed by atoms with Crippen LogP contribution >= 0.6 is 0 Å². The van der Waals surface area contributed by atoms with E-state index in [0.29, 0.717) is 0 Å². The van der Waals surface area contributed by atoms with Crippen molar-refractivity contribution in [2.75, 3.05) is 0 Å². The molecule has 204 valence electrons. The number of benzene rings is 3. The molecule has 0 bridgehead atoms. The van der Waals surface area contributed by atoms with Crippen LogP contribution in [0, 0.1) is 13.8 Å². The summed E-state index contributed by atoms with van der Waals surface area (Å²) in [6.07, 6.45) is 5.76. The van der Waals surface area contributed by atoms with Gasteiger partial charge in [0.2, 0.25) is 0 Å². The highest BCUT2D eigenvalue weighted by Gasteiger charge is 2.17. The van der Waals surface area contributed by atoms with Gasteiger partial charge in [-0.05, 0) is 74.5 Å². The van der Waals surface area contributed by atoms with E-state index in [1.54, 1.807) is 0 Å². The fourth-order valence-corrected chi connectivity index (χ4v) is 6.26. The Balaban J connectivity index is 1.23. The van der Waals surface area contributed by atoms with Crippen LogP contribution in [0.4, 0.5) is 0 Å². The molecule has 0 aliphatic heterocycles.